The van der Waals surface area contributed by atoms with Crippen LogP contribution >= 0.6 is 0 Å². The number of nitrogens with zero attached hydrogens (tertiary/aromatic N) is 3. The van der Waals surface area contributed by atoms with Gasteiger partial charge in [-0.2, -0.15) is 0 Å². The smallest absolute Gasteiger partial charge is 0.340 e. The Kier molecular flexibility index (Phi) is 7.41. The quantitative estimate of drug-likeness (QED) is 0.263. The summed E-state index contributed by atoms with van der Waals surface area (Å²) in [4.78, 5) is 38.8. The summed E-state index contributed by atoms with van der Waals surface area (Å²) in [5, 5.41) is 14.6. The Labute approximate surface area is 327 Å². The predicted octanol–water partition coefficient (Wildman–Crippen LogP) is 5.28. The van der Waals surface area contributed by atoms with Crippen LogP contribution in [0.25, 0.3) is 10.9 Å². The van der Waals surface area contributed by atoms with Crippen LogP contribution in [-0.2, 0) is 41.2 Å². The summed E-state index contributed by atoms with van der Waals surface area (Å²) in [6, 6.07) is 12.3. The van der Waals surface area contributed by atoms with E-state index in [9.17, 15) is 14.7 Å². The molecule has 11 nitrogen and oxygen atoms in total. The molecule has 4 bridgehead atoms. The number of hydrogen-bond donors (Lipinski definition) is 2. The van der Waals surface area contributed by atoms with Gasteiger partial charge in [0.15, 0.2) is 11.9 Å². The Balaban J connectivity index is 1.20. The van der Waals surface area contributed by atoms with Crippen LogP contribution in [0.1, 0.15) is 75.3 Å². The number of anilines is 1. The predicted molar refractivity (Wildman–Crippen MR) is 209 cm³/mol. The zero-order chi connectivity index (χ0) is 38.5. The van der Waals surface area contributed by atoms with Gasteiger partial charge >= 0.3 is 12.4 Å². The van der Waals surface area contributed by atoms with Crippen molar-refractivity contribution in [3.05, 3.63) is 82.6 Å². The number of rotatable bonds is 5. The molecule has 9 atom stereocenters. The van der Waals surface area contributed by atoms with Crippen molar-refractivity contribution in [3.63, 3.8) is 0 Å². The number of benzene rings is 2. The first-order chi connectivity index (χ1) is 27.0. The summed E-state index contributed by atoms with van der Waals surface area (Å²) in [6.45, 7) is 9.37. The van der Waals surface area contributed by atoms with Crippen molar-refractivity contribution in [2.45, 2.75) is 101 Å². The summed E-state index contributed by atoms with van der Waals surface area (Å²) in [5.41, 5.74) is 3.82. The van der Waals surface area contributed by atoms with E-state index in [-0.39, 0.29) is 24.2 Å². The van der Waals surface area contributed by atoms with Gasteiger partial charge in [0, 0.05) is 96.4 Å². The van der Waals surface area contributed by atoms with E-state index in [0.29, 0.717) is 12.2 Å². The molecule has 3 aromatic rings. The average Bonchev–Trinajstić information content (AvgIpc) is 3.77. The molecule has 9 heterocycles. The first-order valence-corrected chi connectivity index (χ1v) is 20.7. The lowest BCUT2D eigenvalue weighted by molar-refractivity contribution is -0.454. The number of para-hydroxylation sites is 1. The third-order valence-electron chi connectivity index (χ3n) is 15.7. The molecule has 2 saturated heterocycles. The fourth-order valence-electron chi connectivity index (χ4n) is 13.8. The van der Waals surface area contributed by atoms with E-state index in [2.05, 4.69) is 88.2 Å². The molecule has 3 fully saturated rings. The molecule has 9 aliphatic rings. The number of nitrogens with one attached hydrogen (secondary N) is 1. The molecule has 8 aliphatic heterocycles. The molecule has 1 aromatic heterocycles. The summed E-state index contributed by atoms with van der Waals surface area (Å²) in [6.07, 6.45) is 9.53. The molecule has 1 aliphatic carbocycles. The molecular formula is C45H52N4O7. The van der Waals surface area contributed by atoms with Crippen LogP contribution in [0.5, 0.6) is 5.75 Å². The SMILES string of the molecule is CCC1=C[C@@H]2CN(C1)Cc1c([nH]c3ccccc13)[C@]1(C2)c2cc3c(cc2OC2OC1O2)N(C)[C@H]1[C@@](O)(C(=O)OC)[C@H](CC(C)=O)[C@]2(CC)C=CCN4CC[C@]31[C@@H]42. The van der Waals surface area contributed by atoms with Gasteiger partial charge in [0.25, 0.3) is 0 Å². The maximum absolute atomic E-state index is 14.4. The number of H-pyrrole nitrogens is 1. The normalized spacial score (nSPS) is 39.9. The van der Waals surface area contributed by atoms with E-state index in [4.69, 9.17) is 18.9 Å². The van der Waals surface area contributed by atoms with Crippen molar-refractivity contribution in [1.29, 1.82) is 0 Å². The fraction of sp³-hybridized carbons (Fsp3) is 0.556. The summed E-state index contributed by atoms with van der Waals surface area (Å²) < 4.78 is 25.5. The van der Waals surface area contributed by atoms with Crippen LogP contribution in [0, 0.1) is 17.3 Å². The maximum Gasteiger partial charge on any atom is 0.340 e. The Bertz CT molecular complexity index is 2260. The molecule has 56 heavy (non-hydrogen) atoms. The van der Waals surface area contributed by atoms with Crippen molar-refractivity contribution in [1.82, 2.24) is 14.8 Å². The Hall–Kier alpha value is -4.00. The Morgan fingerprint density at radius 1 is 1.09 bits per heavy atom. The molecule has 294 valence electrons. The number of carbonyl (C=O) groups excluding carboxylic acids is 2. The topological polar surface area (TPSA) is 117 Å². The van der Waals surface area contributed by atoms with Crippen LogP contribution < -0.4 is 9.64 Å². The number of ketones is 1. The van der Waals surface area contributed by atoms with Gasteiger partial charge in [0.2, 0.25) is 0 Å². The second-order valence-corrected chi connectivity index (χ2v) is 18.0. The van der Waals surface area contributed by atoms with Crippen LogP contribution in [0.4, 0.5) is 5.69 Å². The molecule has 11 heteroatoms. The van der Waals surface area contributed by atoms with E-state index >= 15 is 0 Å². The van der Waals surface area contributed by atoms with Crippen molar-refractivity contribution >= 4 is 28.3 Å². The highest BCUT2D eigenvalue weighted by atomic mass is 17.0. The number of carbonyl (C=O) groups is 2. The zero-order valence-corrected chi connectivity index (χ0v) is 33.0. The van der Waals surface area contributed by atoms with Crippen molar-refractivity contribution < 1.29 is 33.6 Å². The molecule has 1 saturated carbocycles. The van der Waals surface area contributed by atoms with Crippen LogP contribution in [0.2, 0.25) is 0 Å². The molecule has 1 unspecified atom stereocenters. The van der Waals surface area contributed by atoms with Crippen LogP contribution in [0.3, 0.4) is 0 Å². The third-order valence-corrected chi connectivity index (χ3v) is 15.7. The fourth-order valence-corrected chi connectivity index (χ4v) is 13.8. The number of Topliss-reactive ketones (excluding diaryl/α,β-unsaturated/α-hetero) is 1. The van der Waals surface area contributed by atoms with E-state index < -0.39 is 52.5 Å². The van der Waals surface area contributed by atoms with Gasteiger partial charge in [-0.25, -0.2) is 4.79 Å². The molecule has 12 rings (SSSR count). The molecule has 2 aromatic carbocycles. The number of hydrogen-bond acceptors (Lipinski definition) is 10. The summed E-state index contributed by atoms with van der Waals surface area (Å²) in [7, 11) is 3.34. The van der Waals surface area contributed by atoms with Gasteiger partial charge < -0.3 is 29.3 Å². The van der Waals surface area contributed by atoms with E-state index in [1.54, 1.807) is 6.92 Å². The number of fused-ring (bicyclic) bond motifs is 6. The standard InChI is InChI=1S/C45H52N4O7/c1-6-26-18-27-21-44(36-29(24-48(22-26)23-27)28-11-8-9-12-32(28)46-36)31-19-30-33(20-34(31)54-41-55-40(44)56-41)47(4)38-43(30)14-16-49-15-10-13-42(7-2,37(43)49)35(17-25(3)50)45(38,52)39(51)53-5/h8-13,18-20,27,35,37-38,40-41,46,52H,6-7,14-17,21-24H2,1-5H3/t27-,35+,37-,38+,40?,41?,42-,43+,44-,45+/m0/s1. The average molecular weight is 761 g/mol. The molecule has 0 amide bonds. The lowest BCUT2D eigenvalue weighted by Crippen LogP contribution is -2.78. The van der Waals surface area contributed by atoms with Crippen molar-refractivity contribution in [3.8, 4) is 5.75 Å². The summed E-state index contributed by atoms with van der Waals surface area (Å²) in [5.74, 6) is -0.500. The third kappa shape index (κ3) is 4.15. The van der Waals surface area contributed by atoms with E-state index in [1.807, 2.05) is 7.05 Å². The summed E-state index contributed by atoms with van der Waals surface area (Å²) >= 11 is 0. The number of esters is 1. The second-order valence-electron chi connectivity index (χ2n) is 18.0. The lowest BCUT2D eigenvalue weighted by atomic mass is 9.44. The van der Waals surface area contributed by atoms with Gasteiger partial charge in [-0.05, 0) is 68.3 Å². The Morgan fingerprint density at radius 2 is 1.91 bits per heavy atom. The first-order valence-electron chi connectivity index (χ1n) is 20.7. The van der Waals surface area contributed by atoms with Gasteiger partial charge in [-0.1, -0.05) is 55.8 Å². The molecule has 2 N–H and O–H groups in total. The zero-order valence-electron chi connectivity index (χ0n) is 33.0. The number of aromatic nitrogens is 1. The minimum atomic E-state index is -1.99. The van der Waals surface area contributed by atoms with Gasteiger partial charge in [0.05, 0.1) is 18.6 Å². The number of likely N-dealkylation sites (N-methyl/N-ethyl adjacent to an activating group) is 1. The second kappa shape index (κ2) is 11.8. The number of aliphatic hydroxyl groups is 1. The molecule has 2 spiro atoms. The molecular weight excluding hydrogens is 709 g/mol. The van der Waals surface area contributed by atoms with Gasteiger partial charge in [-0.15, -0.1) is 0 Å². The Morgan fingerprint density at radius 3 is 2.68 bits per heavy atom. The van der Waals surface area contributed by atoms with Gasteiger partial charge in [-0.3, -0.25) is 19.3 Å². The minimum absolute atomic E-state index is 0.0550. The highest BCUT2D eigenvalue weighted by molar-refractivity contribution is 5.89. The molecule has 0 radical (unpaired) electrons. The van der Waals surface area contributed by atoms with Crippen LogP contribution in [-0.4, -0.2) is 102 Å². The van der Waals surface area contributed by atoms with Crippen molar-refractivity contribution in [2.24, 2.45) is 17.3 Å². The largest absolute Gasteiger partial charge is 0.467 e. The van der Waals surface area contributed by atoms with Crippen molar-refractivity contribution in [2.75, 3.05) is 45.2 Å². The van der Waals surface area contributed by atoms with Gasteiger partial charge in [0.1, 0.15) is 11.5 Å². The highest BCUT2D eigenvalue weighted by Gasteiger charge is 2.79. The van der Waals surface area contributed by atoms with E-state index in [1.165, 1.54) is 23.6 Å². The van der Waals surface area contributed by atoms with Crippen LogP contribution in [0.15, 0.2) is 60.2 Å². The number of methoxy groups -OCH3 is 1. The highest BCUT2D eigenvalue weighted by Crippen LogP contribution is 2.70. The maximum atomic E-state index is 14.4. The first kappa shape index (κ1) is 35.2. The number of ether oxygens (including phenoxy) is 4. The van der Waals surface area contributed by atoms with E-state index in [0.717, 1.165) is 80.0 Å². The number of aromatic amines is 1. The monoisotopic (exact) mass is 760 g/mol. The lowest BCUT2D eigenvalue weighted by Gasteiger charge is -2.64. The minimum Gasteiger partial charge on any atom is -0.467 e.